The van der Waals surface area contributed by atoms with Crippen molar-refractivity contribution in [2.45, 2.75) is 58.2 Å². The lowest BCUT2D eigenvalue weighted by molar-refractivity contribution is -0.131. The highest BCUT2D eigenvalue weighted by molar-refractivity contribution is 5.76. The van der Waals surface area contributed by atoms with Gasteiger partial charge in [0.1, 0.15) is 0 Å². The summed E-state index contributed by atoms with van der Waals surface area (Å²) in [4.78, 5) is 21.1. The van der Waals surface area contributed by atoms with Crippen LogP contribution in [0.2, 0.25) is 0 Å². The van der Waals surface area contributed by atoms with Gasteiger partial charge >= 0.3 is 0 Å². The van der Waals surface area contributed by atoms with Gasteiger partial charge in [-0.2, -0.15) is 4.98 Å². The standard InChI is InChI=1S/C19H29N5O2/c1-16-20-18(21-26-16)15-22(2)17-7-5-13-24(14-9-17)19(25)8-6-12-23-10-3-4-11-23/h3-4,10-11,17H,5-9,12-15H2,1-2H3/t17-/m0/s1. The van der Waals surface area contributed by atoms with E-state index in [1.165, 1.54) is 0 Å². The number of carbonyl (C=O) groups excluding carboxylic acids is 1. The lowest BCUT2D eigenvalue weighted by Gasteiger charge is -2.26. The molecule has 0 spiro atoms. The summed E-state index contributed by atoms with van der Waals surface area (Å²) in [5.74, 6) is 1.62. The largest absolute Gasteiger partial charge is 0.354 e. The lowest BCUT2D eigenvalue weighted by atomic mass is 10.1. The zero-order valence-electron chi connectivity index (χ0n) is 15.8. The van der Waals surface area contributed by atoms with Gasteiger partial charge in [0.05, 0.1) is 6.54 Å². The minimum Gasteiger partial charge on any atom is -0.354 e. The molecule has 1 aliphatic rings. The van der Waals surface area contributed by atoms with Crippen molar-refractivity contribution < 1.29 is 9.32 Å². The molecule has 26 heavy (non-hydrogen) atoms. The van der Waals surface area contributed by atoms with Gasteiger partial charge in [-0.3, -0.25) is 9.69 Å². The van der Waals surface area contributed by atoms with Crippen molar-refractivity contribution in [2.75, 3.05) is 20.1 Å². The van der Waals surface area contributed by atoms with Gasteiger partial charge in [0.25, 0.3) is 0 Å². The second-order valence-electron chi connectivity index (χ2n) is 7.13. The van der Waals surface area contributed by atoms with Crippen LogP contribution in [0.4, 0.5) is 0 Å². The van der Waals surface area contributed by atoms with Crippen molar-refractivity contribution in [3.05, 3.63) is 36.2 Å². The molecule has 0 radical (unpaired) electrons. The quantitative estimate of drug-likeness (QED) is 0.760. The number of hydrogen-bond donors (Lipinski definition) is 0. The molecule has 1 atom stereocenters. The fourth-order valence-electron chi connectivity index (χ4n) is 3.62. The Balaban J connectivity index is 1.42. The summed E-state index contributed by atoms with van der Waals surface area (Å²) in [6.07, 6.45) is 8.75. The van der Waals surface area contributed by atoms with Gasteiger partial charge in [-0.25, -0.2) is 0 Å². The number of likely N-dealkylation sites (tertiary alicyclic amines) is 1. The molecule has 2 aromatic heterocycles. The number of hydrogen-bond acceptors (Lipinski definition) is 5. The van der Waals surface area contributed by atoms with Gasteiger partial charge in [0.15, 0.2) is 5.82 Å². The average molecular weight is 359 g/mol. The Morgan fingerprint density at radius 1 is 1.31 bits per heavy atom. The van der Waals surface area contributed by atoms with Crippen LogP contribution in [-0.2, 0) is 17.9 Å². The first-order chi connectivity index (χ1) is 12.6. The highest BCUT2D eigenvalue weighted by Crippen LogP contribution is 2.18. The van der Waals surface area contributed by atoms with E-state index in [1.807, 2.05) is 36.4 Å². The maximum absolute atomic E-state index is 12.5. The summed E-state index contributed by atoms with van der Waals surface area (Å²) >= 11 is 0. The first kappa shape index (κ1) is 18.6. The molecule has 0 aromatic carbocycles. The predicted octanol–water partition coefficient (Wildman–Crippen LogP) is 2.47. The molecule has 1 aliphatic heterocycles. The van der Waals surface area contributed by atoms with Crippen molar-refractivity contribution in [1.82, 2.24) is 24.5 Å². The van der Waals surface area contributed by atoms with Crippen molar-refractivity contribution in [3.63, 3.8) is 0 Å². The van der Waals surface area contributed by atoms with Crippen LogP contribution in [0.15, 0.2) is 29.0 Å². The Kier molecular flexibility index (Phi) is 6.44. The molecule has 142 valence electrons. The molecule has 3 heterocycles. The van der Waals surface area contributed by atoms with Crippen molar-refractivity contribution in [1.29, 1.82) is 0 Å². The Morgan fingerprint density at radius 3 is 2.85 bits per heavy atom. The van der Waals surface area contributed by atoms with Crippen molar-refractivity contribution in [2.24, 2.45) is 0 Å². The Labute approximate surface area is 155 Å². The maximum Gasteiger partial charge on any atom is 0.223 e. The molecule has 1 amide bonds. The average Bonchev–Trinajstić information content (AvgIpc) is 3.20. The predicted molar refractivity (Wildman–Crippen MR) is 98.4 cm³/mol. The fourth-order valence-corrected chi connectivity index (χ4v) is 3.62. The van der Waals surface area contributed by atoms with E-state index in [2.05, 4.69) is 26.7 Å². The second-order valence-corrected chi connectivity index (χ2v) is 7.13. The van der Waals surface area contributed by atoms with E-state index in [-0.39, 0.29) is 5.91 Å². The number of carbonyl (C=O) groups is 1. The molecule has 3 rings (SSSR count). The van der Waals surface area contributed by atoms with E-state index in [1.54, 1.807) is 0 Å². The molecule has 1 fully saturated rings. The number of aryl methyl sites for hydroxylation is 2. The van der Waals surface area contributed by atoms with E-state index >= 15 is 0 Å². The summed E-state index contributed by atoms with van der Waals surface area (Å²) in [5, 5.41) is 3.98. The van der Waals surface area contributed by atoms with E-state index < -0.39 is 0 Å². The zero-order chi connectivity index (χ0) is 18.4. The second kappa shape index (κ2) is 8.98. The van der Waals surface area contributed by atoms with Crippen LogP contribution in [0.25, 0.3) is 0 Å². The van der Waals surface area contributed by atoms with Gasteiger partial charge in [-0.1, -0.05) is 5.16 Å². The summed E-state index contributed by atoms with van der Waals surface area (Å²) in [5.41, 5.74) is 0. The molecular weight excluding hydrogens is 330 g/mol. The van der Waals surface area contributed by atoms with Gasteiger partial charge in [-0.05, 0) is 44.9 Å². The Bertz CT molecular complexity index is 682. The van der Waals surface area contributed by atoms with Crippen LogP contribution >= 0.6 is 0 Å². The summed E-state index contributed by atoms with van der Waals surface area (Å²) < 4.78 is 7.17. The maximum atomic E-state index is 12.5. The highest BCUT2D eigenvalue weighted by atomic mass is 16.5. The van der Waals surface area contributed by atoms with Gasteiger partial charge in [-0.15, -0.1) is 0 Å². The molecule has 0 N–H and O–H groups in total. The van der Waals surface area contributed by atoms with E-state index in [9.17, 15) is 4.79 Å². The topological polar surface area (TPSA) is 67.4 Å². The third-order valence-corrected chi connectivity index (χ3v) is 5.11. The molecule has 0 bridgehead atoms. The SMILES string of the molecule is Cc1nc(CN(C)[C@H]2CCCN(C(=O)CCCn3cccc3)CC2)no1. The highest BCUT2D eigenvalue weighted by Gasteiger charge is 2.23. The van der Waals surface area contributed by atoms with Crippen LogP contribution in [-0.4, -0.2) is 56.6 Å². The molecular formula is C19H29N5O2. The Hall–Kier alpha value is -2.15. The van der Waals surface area contributed by atoms with Gasteiger partial charge in [0.2, 0.25) is 11.8 Å². The normalized spacial score (nSPS) is 18.3. The van der Waals surface area contributed by atoms with Crippen molar-refractivity contribution >= 4 is 5.91 Å². The third-order valence-electron chi connectivity index (χ3n) is 5.11. The molecule has 2 aromatic rings. The monoisotopic (exact) mass is 359 g/mol. The summed E-state index contributed by atoms with van der Waals surface area (Å²) in [6, 6.07) is 4.48. The third kappa shape index (κ3) is 5.17. The molecule has 7 heteroatoms. The van der Waals surface area contributed by atoms with E-state index in [4.69, 9.17) is 4.52 Å². The first-order valence-electron chi connectivity index (χ1n) is 9.50. The number of rotatable bonds is 7. The van der Waals surface area contributed by atoms with E-state index in [0.29, 0.717) is 24.9 Å². The number of nitrogens with zero attached hydrogens (tertiary/aromatic N) is 5. The molecule has 0 aliphatic carbocycles. The number of aromatic nitrogens is 3. The minimum atomic E-state index is 0.286. The minimum absolute atomic E-state index is 0.286. The van der Waals surface area contributed by atoms with Crippen LogP contribution < -0.4 is 0 Å². The lowest BCUT2D eigenvalue weighted by Crippen LogP contribution is -2.35. The van der Waals surface area contributed by atoms with Crippen molar-refractivity contribution in [3.8, 4) is 0 Å². The van der Waals surface area contributed by atoms with Crippen LogP contribution in [0.1, 0.15) is 43.8 Å². The van der Waals surface area contributed by atoms with Crippen LogP contribution in [0, 0.1) is 6.92 Å². The molecule has 7 nitrogen and oxygen atoms in total. The molecule has 1 saturated heterocycles. The summed E-state index contributed by atoms with van der Waals surface area (Å²) in [6.45, 7) is 5.10. The zero-order valence-corrected chi connectivity index (χ0v) is 15.8. The van der Waals surface area contributed by atoms with E-state index in [0.717, 1.165) is 51.1 Å². The summed E-state index contributed by atoms with van der Waals surface area (Å²) in [7, 11) is 2.10. The molecule has 0 unspecified atom stereocenters. The first-order valence-corrected chi connectivity index (χ1v) is 9.50. The molecule has 0 saturated carbocycles. The van der Waals surface area contributed by atoms with Crippen LogP contribution in [0.3, 0.4) is 0 Å². The fraction of sp³-hybridized carbons (Fsp3) is 0.632. The van der Waals surface area contributed by atoms with Gasteiger partial charge in [0, 0.05) is 51.4 Å². The van der Waals surface area contributed by atoms with Gasteiger partial charge < -0.3 is 14.0 Å². The van der Waals surface area contributed by atoms with Crippen LogP contribution in [0.5, 0.6) is 0 Å². The number of amides is 1. The Morgan fingerprint density at radius 2 is 2.12 bits per heavy atom. The smallest absolute Gasteiger partial charge is 0.223 e.